The molecule has 0 aliphatic carbocycles. The van der Waals surface area contributed by atoms with Gasteiger partial charge in [-0.05, 0) is 36.7 Å². The molecule has 0 aromatic heterocycles. The van der Waals surface area contributed by atoms with Gasteiger partial charge in [0.25, 0.3) is 0 Å². The molecule has 2 nitrogen and oxygen atoms in total. The first-order chi connectivity index (χ1) is 6.36. The van der Waals surface area contributed by atoms with Gasteiger partial charge in [0.05, 0.1) is 6.61 Å². The Bertz CT molecular complexity index is 228. The Morgan fingerprint density at radius 3 is 2.62 bits per heavy atom. The first kappa shape index (κ1) is 12.5. The molecule has 0 radical (unpaired) electrons. The number of benzene rings is 1. The maximum absolute atomic E-state index is 8.80. The highest BCUT2D eigenvalue weighted by atomic mass is 32.2. The molecular weight excluding hydrogens is 182 g/mol. The quantitative estimate of drug-likeness (QED) is 0.733. The third kappa shape index (κ3) is 4.93. The maximum Gasteiger partial charge on any atom is 0.0682 e. The topological polar surface area (TPSA) is 32.3 Å². The van der Waals surface area contributed by atoms with Crippen LogP contribution in [0.4, 0.5) is 0 Å². The van der Waals surface area contributed by atoms with Crippen LogP contribution < -0.4 is 4.72 Å². The summed E-state index contributed by atoms with van der Waals surface area (Å²) in [6, 6.07) is 7.80. The molecule has 1 aromatic carbocycles. The molecule has 3 heteroatoms. The number of aliphatic hydroxyl groups excluding tert-OH is 1. The summed E-state index contributed by atoms with van der Waals surface area (Å²) in [4.78, 5) is 1.12. The van der Waals surface area contributed by atoms with Crippen LogP contribution >= 0.6 is 11.9 Å². The second-order valence-electron chi connectivity index (χ2n) is 2.11. The van der Waals surface area contributed by atoms with E-state index < -0.39 is 0 Å². The van der Waals surface area contributed by atoms with Gasteiger partial charge in [0.1, 0.15) is 0 Å². The van der Waals surface area contributed by atoms with E-state index in [-0.39, 0.29) is 6.61 Å². The molecule has 0 heterocycles. The highest BCUT2D eigenvalue weighted by molar-refractivity contribution is 7.97. The van der Waals surface area contributed by atoms with Crippen molar-refractivity contribution in [3.8, 4) is 0 Å². The summed E-state index contributed by atoms with van der Waals surface area (Å²) in [7, 11) is 1.87. The second-order valence-corrected chi connectivity index (χ2v) is 3.20. The highest BCUT2D eigenvalue weighted by Gasteiger charge is 1.92. The zero-order valence-electron chi connectivity index (χ0n) is 8.37. The molecule has 0 fully saturated rings. The van der Waals surface area contributed by atoms with Crippen LogP contribution in [0.3, 0.4) is 0 Å². The van der Waals surface area contributed by atoms with Crippen molar-refractivity contribution >= 4 is 11.9 Å². The molecule has 2 N–H and O–H groups in total. The van der Waals surface area contributed by atoms with Gasteiger partial charge in [-0.1, -0.05) is 26.0 Å². The van der Waals surface area contributed by atoms with Gasteiger partial charge < -0.3 is 5.11 Å². The van der Waals surface area contributed by atoms with E-state index in [0.717, 1.165) is 10.5 Å². The van der Waals surface area contributed by atoms with Gasteiger partial charge in [-0.3, -0.25) is 4.72 Å². The third-order valence-electron chi connectivity index (χ3n) is 1.30. The van der Waals surface area contributed by atoms with Gasteiger partial charge in [-0.2, -0.15) is 0 Å². The molecule has 0 atom stereocenters. The zero-order chi connectivity index (χ0) is 10.1. The van der Waals surface area contributed by atoms with E-state index in [0.29, 0.717) is 0 Å². The van der Waals surface area contributed by atoms with Gasteiger partial charge in [0.2, 0.25) is 0 Å². The normalized spacial score (nSPS) is 8.92. The number of nitrogens with one attached hydrogen (secondary N) is 1. The van der Waals surface area contributed by atoms with Crippen LogP contribution in [-0.4, -0.2) is 12.2 Å². The molecule has 1 aromatic rings. The second kappa shape index (κ2) is 8.10. The van der Waals surface area contributed by atoms with E-state index >= 15 is 0 Å². The minimum absolute atomic E-state index is 0.109. The standard InChI is InChI=1S/C8H11NOS.C2H6/c1-9-11-8-4-2-3-7(5-8)6-10;1-2/h2-5,9-10H,6H2,1H3;1-2H3. The monoisotopic (exact) mass is 199 g/mol. The smallest absolute Gasteiger partial charge is 0.0682 e. The predicted octanol–water partition coefficient (Wildman–Crippen LogP) is 2.43. The summed E-state index contributed by atoms with van der Waals surface area (Å²) in [6.45, 7) is 4.11. The van der Waals surface area contributed by atoms with E-state index in [9.17, 15) is 0 Å². The average Bonchev–Trinajstić information content (AvgIpc) is 2.22. The van der Waals surface area contributed by atoms with Crippen molar-refractivity contribution in [3.05, 3.63) is 29.8 Å². The minimum Gasteiger partial charge on any atom is -0.392 e. The lowest BCUT2D eigenvalue weighted by Crippen LogP contribution is -1.91. The van der Waals surface area contributed by atoms with Crippen LogP contribution in [-0.2, 0) is 6.61 Å². The first-order valence-electron chi connectivity index (χ1n) is 4.40. The highest BCUT2D eigenvalue weighted by Crippen LogP contribution is 2.14. The van der Waals surface area contributed by atoms with E-state index in [1.54, 1.807) is 11.9 Å². The van der Waals surface area contributed by atoms with Crippen LogP contribution in [0, 0.1) is 0 Å². The van der Waals surface area contributed by atoms with Crippen LogP contribution in [0.25, 0.3) is 0 Å². The van der Waals surface area contributed by atoms with Crippen LogP contribution in [0.5, 0.6) is 0 Å². The van der Waals surface area contributed by atoms with Gasteiger partial charge in [-0.25, -0.2) is 0 Å². The van der Waals surface area contributed by atoms with Crippen LogP contribution in [0.1, 0.15) is 19.4 Å². The molecule has 0 aliphatic heterocycles. The average molecular weight is 199 g/mol. The van der Waals surface area contributed by atoms with Crippen molar-refractivity contribution in [3.63, 3.8) is 0 Å². The van der Waals surface area contributed by atoms with E-state index in [2.05, 4.69) is 4.72 Å². The van der Waals surface area contributed by atoms with Crippen molar-refractivity contribution in [2.45, 2.75) is 25.3 Å². The number of rotatable bonds is 3. The van der Waals surface area contributed by atoms with Crippen molar-refractivity contribution in [1.82, 2.24) is 4.72 Å². The molecule has 0 unspecified atom stereocenters. The van der Waals surface area contributed by atoms with E-state index in [4.69, 9.17) is 5.11 Å². The Morgan fingerprint density at radius 2 is 2.08 bits per heavy atom. The lowest BCUT2D eigenvalue weighted by molar-refractivity contribution is 0.281. The molecule has 0 saturated heterocycles. The van der Waals surface area contributed by atoms with Gasteiger partial charge in [-0.15, -0.1) is 0 Å². The van der Waals surface area contributed by atoms with Gasteiger partial charge >= 0.3 is 0 Å². The summed E-state index contributed by atoms with van der Waals surface area (Å²) in [5.74, 6) is 0. The summed E-state index contributed by atoms with van der Waals surface area (Å²) < 4.78 is 2.97. The lowest BCUT2D eigenvalue weighted by Gasteiger charge is -2.00. The van der Waals surface area contributed by atoms with Crippen molar-refractivity contribution in [1.29, 1.82) is 0 Å². The largest absolute Gasteiger partial charge is 0.392 e. The third-order valence-corrected chi connectivity index (χ3v) is 1.99. The van der Waals surface area contributed by atoms with Crippen molar-refractivity contribution < 1.29 is 5.11 Å². The molecule has 0 bridgehead atoms. The molecule has 0 aliphatic rings. The number of aliphatic hydroxyl groups is 1. The Labute approximate surface area is 84.5 Å². The SMILES string of the molecule is CC.CNSc1cccc(CO)c1. The van der Waals surface area contributed by atoms with Crippen LogP contribution in [0.2, 0.25) is 0 Å². The minimum atomic E-state index is 0.109. The van der Waals surface area contributed by atoms with E-state index in [1.807, 2.05) is 45.2 Å². The van der Waals surface area contributed by atoms with Crippen molar-refractivity contribution in [2.75, 3.05) is 7.05 Å². The fraction of sp³-hybridized carbons (Fsp3) is 0.400. The Balaban J connectivity index is 0.000000671. The van der Waals surface area contributed by atoms with Gasteiger partial charge in [0.15, 0.2) is 0 Å². The molecular formula is C10H17NOS. The predicted molar refractivity (Wildman–Crippen MR) is 58.6 cm³/mol. The Kier molecular flexibility index (Phi) is 7.79. The van der Waals surface area contributed by atoms with Crippen LogP contribution in [0.15, 0.2) is 29.2 Å². The lowest BCUT2D eigenvalue weighted by atomic mass is 10.2. The van der Waals surface area contributed by atoms with Gasteiger partial charge in [0, 0.05) is 4.90 Å². The molecule has 0 spiro atoms. The molecule has 0 amide bonds. The fourth-order valence-corrected chi connectivity index (χ4v) is 1.42. The molecule has 0 saturated carbocycles. The summed E-state index contributed by atoms with van der Waals surface area (Å²) in [6.07, 6.45) is 0. The van der Waals surface area contributed by atoms with E-state index in [1.165, 1.54) is 0 Å². The number of hydrogen-bond acceptors (Lipinski definition) is 3. The Morgan fingerprint density at radius 1 is 1.38 bits per heavy atom. The first-order valence-corrected chi connectivity index (χ1v) is 5.22. The summed E-state index contributed by atoms with van der Waals surface area (Å²) >= 11 is 1.54. The number of hydrogen-bond donors (Lipinski definition) is 2. The summed E-state index contributed by atoms with van der Waals surface area (Å²) in [5, 5.41) is 8.80. The zero-order valence-corrected chi connectivity index (χ0v) is 9.19. The molecule has 13 heavy (non-hydrogen) atoms. The summed E-state index contributed by atoms with van der Waals surface area (Å²) in [5.41, 5.74) is 0.949. The molecule has 1 rings (SSSR count). The molecule has 74 valence electrons. The fourth-order valence-electron chi connectivity index (χ4n) is 0.825. The Hall–Kier alpha value is -0.510. The maximum atomic E-state index is 8.80. The van der Waals surface area contributed by atoms with Crippen molar-refractivity contribution in [2.24, 2.45) is 0 Å².